The fraction of sp³-hybridized carbons (Fsp3) is 0.400. The summed E-state index contributed by atoms with van der Waals surface area (Å²) in [7, 11) is 1.38. The van der Waals surface area contributed by atoms with Crippen LogP contribution in [-0.4, -0.2) is 47.2 Å². The summed E-state index contributed by atoms with van der Waals surface area (Å²) in [5, 5.41) is 14.5. The van der Waals surface area contributed by atoms with Gasteiger partial charge in [0.15, 0.2) is 0 Å². The van der Waals surface area contributed by atoms with Gasteiger partial charge in [-0.3, -0.25) is 29.4 Å². The van der Waals surface area contributed by atoms with Crippen LogP contribution in [-0.2, 0) is 19.9 Å². The van der Waals surface area contributed by atoms with Crippen LogP contribution in [0, 0.1) is 35.8 Å². The van der Waals surface area contributed by atoms with Gasteiger partial charge in [0, 0.05) is 29.4 Å². The second-order valence-corrected chi connectivity index (χ2v) is 9.68. The van der Waals surface area contributed by atoms with Crippen LogP contribution < -0.4 is 15.0 Å². The SMILES string of the molecule is COc1ccc([N+](=O)[O-])cc1N1C(=O)[C@@H]2[C@H]3CCCN3[C@]3(C(=O)Nc4c3ccc(C)c4C)[C@H]2C1=O. The maximum absolute atomic E-state index is 14.1. The number of nitro groups is 1. The van der Waals surface area contributed by atoms with Crippen molar-refractivity contribution >= 4 is 34.8 Å². The van der Waals surface area contributed by atoms with Crippen molar-refractivity contribution in [3.8, 4) is 5.75 Å². The molecule has 1 spiro atoms. The maximum atomic E-state index is 14.1. The van der Waals surface area contributed by atoms with Gasteiger partial charge in [-0.2, -0.15) is 0 Å². The summed E-state index contributed by atoms with van der Waals surface area (Å²) < 4.78 is 5.36. The first-order chi connectivity index (χ1) is 16.7. The van der Waals surface area contributed by atoms with Crippen molar-refractivity contribution in [2.75, 3.05) is 23.9 Å². The number of methoxy groups -OCH3 is 1. The van der Waals surface area contributed by atoms with Gasteiger partial charge in [-0.05, 0) is 50.4 Å². The average Bonchev–Trinajstić information content (AvgIpc) is 3.54. The first-order valence-electron chi connectivity index (χ1n) is 11.6. The Morgan fingerprint density at radius 3 is 2.63 bits per heavy atom. The van der Waals surface area contributed by atoms with Crippen LogP contribution in [0.3, 0.4) is 0 Å². The number of imide groups is 1. The second-order valence-electron chi connectivity index (χ2n) is 9.68. The lowest BCUT2D eigenvalue weighted by molar-refractivity contribution is -0.384. The zero-order valence-electron chi connectivity index (χ0n) is 19.5. The number of rotatable bonds is 3. The Morgan fingerprint density at radius 1 is 1.14 bits per heavy atom. The Kier molecular flexibility index (Phi) is 4.41. The van der Waals surface area contributed by atoms with Crippen LogP contribution >= 0.6 is 0 Å². The van der Waals surface area contributed by atoms with Crippen molar-refractivity contribution in [2.24, 2.45) is 11.8 Å². The third-order valence-electron chi connectivity index (χ3n) is 8.31. The van der Waals surface area contributed by atoms with E-state index in [4.69, 9.17) is 4.74 Å². The molecule has 0 aromatic heterocycles. The number of hydrogen-bond acceptors (Lipinski definition) is 7. The van der Waals surface area contributed by atoms with Gasteiger partial charge < -0.3 is 10.1 Å². The molecule has 3 saturated heterocycles. The molecule has 35 heavy (non-hydrogen) atoms. The number of fused-ring (bicyclic) bond motifs is 7. The topological polar surface area (TPSA) is 122 Å². The monoisotopic (exact) mass is 476 g/mol. The Bertz CT molecular complexity index is 1360. The first-order valence-corrected chi connectivity index (χ1v) is 11.6. The summed E-state index contributed by atoms with van der Waals surface area (Å²) in [6.45, 7) is 4.50. The molecule has 10 nitrogen and oxygen atoms in total. The first kappa shape index (κ1) is 21.7. The van der Waals surface area contributed by atoms with Crippen molar-refractivity contribution in [1.82, 2.24) is 4.90 Å². The van der Waals surface area contributed by atoms with Crippen molar-refractivity contribution in [2.45, 2.75) is 38.3 Å². The molecule has 10 heteroatoms. The molecule has 3 fully saturated rings. The predicted octanol–water partition coefficient (Wildman–Crippen LogP) is 2.65. The van der Waals surface area contributed by atoms with Crippen LogP contribution in [0.15, 0.2) is 30.3 Å². The molecule has 3 amide bonds. The van der Waals surface area contributed by atoms with Gasteiger partial charge in [0.25, 0.3) is 5.69 Å². The lowest BCUT2D eigenvalue weighted by Crippen LogP contribution is -2.54. The van der Waals surface area contributed by atoms with E-state index in [0.29, 0.717) is 18.7 Å². The Labute approximate surface area is 201 Å². The number of hydrogen-bond donors (Lipinski definition) is 1. The van der Waals surface area contributed by atoms with E-state index < -0.39 is 34.1 Å². The van der Waals surface area contributed by atoms with Gasteiger partial charge in [0.05, 0.1) is 23.9 Å². The van der Waals surface area contributed by atoms with Crippen molar-refractivity contribution in [3.63, 3.8) is 0 Å². The standard InChI is InChI=1S/C25H24N4O6/c1-12-6-8-15-21(13(12)2)26-24(32)25(15)20-19(16-5-4-10-27(16)25)22(30)28(23(20)31)17-11-14(29(33)34)7-9-18(17)35-3/h6-9,11,16,19-20H,4-5,10H2,1-3H3,(H,26,32)/t16-,19-,20-,25+/m1/s1. The summed E-state index contributed by atoms with van der Waals surface area (Å²) in [5.74, 6) is -2.76. The molecule has 4 heterocycles. The maximum Gasteiger partial charge on any atom is 0.271 e. The number of aryl methyl sites for hydroxylation is 1. The summed E-state index contributed by atoms with van der Waals surface area (Å²) in [4.78, 5) is 55.7. The number of ether oxygens (including phenoxy) is 1. The third kappa shape index (κ3) is 2.49. The molecule has 0 bridgehead atoms. The highest BCUT2D eigenvalue weighted by Crippen LogP contribution is 2.61. The number of nitrogens with one attached hydrogen (secondary N) is 1. The van der Waals surface area contributed by atoms with Crippen LogP contribution in [0.2, 0.25) is 0 Å². The minimum absolute atomic E-state index is 0.0320. The van der Waals surface area contributed by atoms with Crippen LogP contribution in [0.1, 0.15) is 29.5 Å². The number of nitrogens with zero attached hydrogens (tertiary/aromatic N) is 3. The summed E-state index contributed by atoms with van der Waals surface area (Å²) in [6.07, 6.45) is 1.50. The number of nitro benzene ring substituents is 1. The molecule has 4 atom stereocenters. The summed E-state index contributed by atoms with van der Waals surface area (Å²) >= 11 is 0. The van der Waals surface area contributed by atoms with Gasteiger partial charge in [-0.15, -0.1) is 0 Å². The van der Waals surface area contributed by atoms with Gasteiger partial charge in [0.2, 0.25) is 17.7 Å². The number of benzene rings is 2. The second kappa shape index (κ2) is 7.11. The van der Waals surface area contributed by atoms with E-state index in [1.807, 2.05) is 26.0 Å². The van der Waals surface area contributed by atoms with Crippen molar-refractivity contribution < 1.29 is 24.0 Å². The van der Waals surface area contributed by atoms with Crippen molar-refractivity contribution in [1.29, 1.82) is 0 Å². The highest BCUT2D eigenvalue weighted by atomic mass is 16.6. The number of anilines is 2. The number of carbonyl (C=O) groups is 3. The molecule has 4 aliphatic rings. The Balaban J connectivity index is 1.56. The molecule has 4 aliphatic heterocycles. The molecular weight excluding hydrogens is 452 g/mol. The Morgan fingerprint density at radius 2 is 1.91 bits per heavy atom. The van der Waals surface area contributed by atoms with E-state index in [1.165, 1.54) is 25.3 Å². The predicted molar refractivity (Wildman–Crippen MR) is 125 cm³/mol. The van der Waals surface area contributed by atoms with E-state index >= 15 is 0 Å². The van der Waals surface area contributed by atoms with Gasteiger partial charge in [-0.1, -0.05) is 12.1 Å². The highest BCUT2D eigenvalue weighted by molar-refractivity contribution is 6.26. The average molecular weight is 476 g/mol. The zero-order valence-corrected chi connectivity index (χ0v) is 19.5. The molecule has 2 aromatic rings. The lowest BCUT2D eigenvalue weighted by Gasteiger charge is -2.36. The van der Waals surface area contributed by atoms with Crippen molar-refractivity contribution in [3.05, 3.63) is 57.1 Å². The molecule has 180 valence electrons. The van der Waals surface area contributed by atoms with Crippen LogP contribution in [0.5, 0.6) is 5.75 Å². The van der Waals surface area contributed by atoms with E-state index in [9.17, 15) is 24.5 Å². The normalized spacial score (nSPS) is 28.9. The van der Waals surface area contributed by atoms with E-state index in [1.54, 1.807) is 0 Å². The van der Waals surface area contributed by atoms with E-state index in [-0.39, 0.29) is 29.1 Å². The molecule has 0 aliphatic carbocycles. The van der Waals surface area contributed by atoms with E-state index in [2.05, 4.69) is 10.2 Å². The minimum atomic E-state index is -1.30. The number of carbonyl (C=O) groups excluding carboxylic acids is 3. The zero-order chi connectivity index (χ0) is 24.8. The van der Waals surface area contributed by atoms with Gasteiger partial charge >= 0.3 is 0 Å². The summed E-state index contributed by atoms with van der Waals surface area (Å²) in [5.41, 5.74) is 1.85. The smallest absolute Gasteiger partial charge is 0.271 e. The Hall–Kier alpha value is -3.79. The molecule has 6 rings (SSSR count). The molecule has 2 aromatic carbocycles. The largest absolute Gasteiger partial charge is 0.495 e. The van der Waals surface area contributed by atoms with E-state index in [0.717, 1.165) is 28.0 Å². The van der Waals surface area contributed by atoms with Gasteiger partial charge in [0.1, 0.15) is 17.0 Å². The molecule has 0 saturated carbocycles. The number of amides is 3. The number of non-ortho nitro benzene ring substituents is 1. The third-order valence-corrected chi connectivity index (χ3v) is 8.31. The molecule has 1 N–H and O–H groups in total. The molecular formula is C25H24N4O6. The fourth-order valence-corrected chi connectivity index (χ4v) is 6.72. The molecule has 0 unspecified atom stereocenters. The highest BCUT2D eigenvalue weighted by Gasteiger charge is 2.75. The minimum Gasteiger partial charge on any atom is -0.495 e. The van der Waals surface area contributed by atoms with Crippen LogP contribution in [0.25, 0.3) is 0 Å². The summed E-state index contributed by atoms with van der Waals surface area (Å²) in [6, 6.07) is 7.39. The fourth-order valence-electron chi connectivity index (χ4n) is 6.72. The lowest BCUT2D eigenvalue weighted by atomic mass is 9.75. The molecule has 0 radical (unpaired) electrons. The quantitative estimate of drug-likeness (QED) is 0.411. The van der Waals surface area contributed by atoms with Crippen LogP contribution in [0.4, 0.5) is 17.1 Å². The van der Waals surface area contributed by atoms with Gasteiger partial charge in [-0.25, -0.2) is 4.90 Å².